The lowest BCUT2D eigenvalue weighted by Crippen LogP contribution is -2.41. The SMILES string of the molecule is Nc1ccc([C@@H]2CN(C(=O)O)CCO2)cc1Br. The maximum absolute atomic E-state index is 10.9. The molecule has 1 heterocycles. The lowest BCUT2D eigenvalue weighted by molar-refractivity contribution is -0.0232. The minimum absolute atomic E-state index is 0.225. The maximum atomic E-state index is 10.9. The van der Waals surface area contributed by atoms with Gasteiger partial charge >= 0.3 is 6.09 Å². The Morgan fingerprint density at radius 1 is 1.59 bits per heavy atom. The number of rotatable bonds is 1. The van der Waals surface area contributed by atoms with Gasteiger partial charge in [0.15, 0.2) is 0 Å². The van der Waals surface area contributed by atoms with Crippen LogP contribution in [0, 0.1) is 0 Å². The van der Waals surface area contributed by atoms with E-state index in [4.69, 9.17) is 15.6 Å². The van der Waals surface area contributed by atoms with Gasteiger partial charge in [-0.15, -0.1) is 0 Å². The molecule has 92 valence electrons. The van der Waals surface area contributed by atoms with E-state index in [2.05, 4.69) is 15.9 Å². The summed E-state index contributed by atoms with van der Waals surface area (Å²) in [7, 11) is 0. The van der Waals surface area contributed by atoms with Crippen molar-refractivity contribution in [2.75, 3.05) is 25.4 Å². The molecule has 1 amide bonds. The van der Waals surface area contributed by atoms with Crippen molar-refractivity contribution in [2.24, 2.45) is 0 Å². The van der Waals surface area contributed by atoms with E-state index in [-0.39, 0.29) is 6.10 Å². The van der Waals surface area contributed by atoms with Crippen LogP contribution < -0.4 is 5.73 Å². The number of morpholine rings is 1. The Labute approximate surface area is 107 Å². The molecule has 0 bridgehead atoms. The molecule has 6 heteroatoms. The molecule has 0 aliphatic carbocycles. The Hall–Kier alpha value is -1.27. The smallest absolute Gasteiger partial charge is 0.407 e. The summed E-state index contributed by atoms with van der Waals surface area (Å²) in [6.07, 6.45) is -1.13. The molecular weight excluding hydrogens is 288 g/mol. The molecule has 1 aromatic rings. The molecule has 0 radical (unpaired) electrons. The average molecular weight is 301 g/mol. The first-order chi connectivity index (χ1) is 8.08. The number of hydrogen-bond acceptors (Lipinski definition) is 3. The van der Waals surface area contributed by atoms with Crippen molar-refractivity contribution in [3.05, 3.63) is 28.2 Å². The van der Waals surface area contributed by atoms with Crippen LogP contribution in [0.25, 0.3) is 0 Å². The third-order valence-electron chi connectivity index (χ3n) is 2.73. The van der Waals surface area contributed by atoms with Gasteiger partial charge in [-0.05, 0) is 33.6 Å². The van der Waals surface area contributed by atoms with Crippen LogP contribution in [0.2, 0.25) is 0 Å². The molecule has 1 aromatic carbocycles. The van der Waals surface area contributed by atoms with Crippen molar-refractivity contribution in [1.29, 1.82) is 0 Å². The summed E-state index contributed by atoms with van der Waals surface area (Å²) >= 11 is 3.35. The van der Waals surface area contributed by atoms with Gasteiger partial charge in [-0.3, -0.25) is 0 Å². The van der Waals surface area contributed by atoms with Gasteiger partial charge in [0.25, 0.3) is 0 Å². The Morgan fingerprint density at radius 3 is 3.00 bits per heavy atom. The highest BCUT2D eigenvalue weighted by molar-refractivity contribution is 9.10. The van der Waals surface area contributed by atoms with Gasteiger partial charge in [0.05, 0.1) is 13.2 Å². The highest BCUT2D eigenvalue weighted by Gasteiger charge is 2.25. The fourth-order valence-electron chi connectivity index (χ4n) is 1.77. The molecular formula is C11H13BrN2O3. The number of amides is 1. The molecule has 1 atom stereocenters. The van der Waals surface area contributed by atoms with Crippen molar-refractivity contribution in [1.82, 2.24) is 4.90 Å². The van der Waals surface area contributed by atoms with Gasteiger partial charge in [-0.2, -0.15) is 0 Å². The molecule has 0 unspecified atom stereocenters. The van der Waals surface area contributed by atoms with Crippen LogP contribution in [0.1, 0.15) is 11.7 Å². The zero-order valence-electron chi connectivity index (χ0n) is 9.10. The first-order valence-electron chi connectivity index (χ1n) is 5.22. The van der Waals surface area contributed by atoms with E-state index in [1.54, 1.807) is 6.07 Å². The van der Waals surface area contributed by atoms with Crippen molar-refractivity contribution in [3.63, 3.8) is 0 Å². The molecule has 17 heavy (non-hydrogen) atoms. The van der Waals surface area contributed by atoms with E-state index >= 15 is 0 Å². The van der Waals surface area contributed by atoms with Crippen molar-refractivity contribution >= 4 is 27.7 Å². The van der Waals surface area contributed by atoms with Gasteiger partial charge in [0, 0.05) is 16.7 Å². The van der Waals surface area contributed by atoms with Crippen molar-refractivity contribution in [2.45, 2.75) is 6.10 Å². The number of halogens is 1. The predicted molar refractivity (Wildman–Crippen MR) is 66.8 cm³/mol. The number of nitrogen functional groups attached to an aromatic ring is 1. The highest BCUT2D eigenvalue weighted by atomic mass is 79.9. The van der Waals surface area contributed by atoms with Crippen molar-refractivity contribution < 1.29 is 14.6 Å². The van der Waals surface area contributed by atoms with Gasteiger partial charge in [0.1, 0.15) is 6.10 Å². The lowest BCUT2D eigenvalue weighted by Gasteiger charge is -2.31. The van der Waals surface area contributed by atoms with Crippen LogP contribution in [0.3, 0.4) is 0 Å². The normalized spacial score (nSPS) is 20.3. The minimum atomic E-state index is -0.909. The molecule has 0 aromatic heterocycles. The van der Waals surface area contributed by atoms with Crippen LogP contribution in [-0.4, -0.2) is 35.8 Å². The zero-order chi connectivity index (χ0) is 12.4. The molecule has 1 aliphatic rings. The topological polar surface area (TPSA) is 75.8 Å². The number of nitrogens with two attached hydrogens (primary N) is 1. The Balaban J connectivity index is 2.16. The predicted octanol–water partition coefficient (Wildman–Crippen LogP) is 2.08. The summed E-state index contributed by atoms with van der Waals surface area (Å²) in [6.45, 7) is 1.19. The van der Waals surface area contributed by atoms with E-state index in [0.717, 1.165) is 10.0 Å². The maximum Gasteiger partial charge on any atom is 0.407 e. The Kier molecular flexibility index (Phi) is 3.54. The monoisotopic (exact) mass is 300 g/mol. The fraction of sp³-hybridized carbons (Fsp3) is 0.364. The third kappa shape index (κ3) is 2.70. The van der Waals surface area contributed by atoms with Gasteiger partial charge in [0.2, 0.25) is 0 Å². The second kappa shape index (κ2) is 4.93. The second-order valence-electron chi connectivity index (χ2n) is 3.87. The van der Waals surface area contributed by atoms with Gasteiger partial charge in [-0.1, -0.05) is 6.07 Å². The summed E-state index contributed by atoms with van der Waals surface area (Å²) in [4.78, 5) is 12.3. The van der Waals surface area contributed by atoms with Gasteiger partial charge < -0.3 is 20.5 Å². The van der Waals surface area contributed by atoms with E-state index in [1.807, 2.05) is 12.1 Å². The number of carboxylic acid groups (broad SMARTS) is 1. The van der Waals surface area contributed by atoms with E-state index in [1.165, 1.54) is 4.90 Å². The van der Waals surface area contributed by atoms with E-state index in [0.29, 0.717) is 25.4 Å². The van der Waals surface area contributed by atoms with Gasteiger partial charge in [-0.25, -0.2) is 4.79 Å². The highest BCUT2D eigenvalue weighted by Crippen LogP contribution is 2.28. The van der Waals surface area contributed by atoms with Crippen LogP contribution in [0.4, 0.5) is 10.5 Å². The molecule has 0 saturated carbocycles. The van der Waals surface area contributed by atoms with E-state index in [9.17, 15) is 4.79 Å². The van der Waals surface area contributed by atoms with Crippen LogP contribution in [0.15, 0.2) is 22.7 Å². The second-order valence-corrected chi connectivity index (χ2v) is 4.72. The lowest BCUT2D eigenvalue weighted by atomic mass is 10.1. The summed E-state index contributed by atoms with van der Waals surface area (Å²) in [5, 5.41) is 8.94. The van der Waals surface area contributed by atoms with Crippen LogP contribution in [-0.2, 0) is 4.74 Å². The van der Waals surface area contributed by atoms with Crippen LogP contribution >= 0.6 is 15.9 Å². The average Bonchev–Trinajstić information content (AvgIpc) is 2.33. The number of hydrogen-bond donors (Lipinski definition) is 2. The third-order valence-corrected chi connectivity index (χ3v) is 3.42. The summed E-state index contributed by atoms with van der Waals surface area (Å²) in [6, 6.07) is 5.50. The number of anilines is 1. The van der Waals surface area contributed by atoms with E-state index < -0.39 is 6.09 Å². The molecule has 3 N–H and O–H groups in total. The zero-order valence-corrected chi connectivity index (χ0v) is 10.7. The quantitative estimate of drug-likeness (QED) is 0.779. The molecule has 5 nitrogen and oxygen atoms in total. The Morgan fingerprint density at radius 2 is 2.35 bits per heavy atom. The largest absolute Gasteiger partial charge is 0.465 e. The number of ether oxygens (including phenoxy) is 1. The molecule has 1 aliphatic heterocycles. The molecule has 0 spiro atoms. The fourth-order valence-corrected chi connectivity index (χ4v) is 2.16. The number of benzene rings is 1. The summed E-state index contributed by atoms with van der Waals surface area (Å²) in [5.74, 6) is 0. The Bertz CT molecular complexity index is 439. The first kappa shape index (κ1) is 12.2. The minimum Gasteiger partial charge on any atom is -0.465 e. The summed E-state index contributed by atoms with van der Waals surface area (Å²) in [5.41, 5.74) is 7.28. The molecule has 1 saturated heterocycles. The van der Waals surface area contributed by atoms with Crippen LogP contribution in [0.5, 0.6) is 0 Å². The summed E-state index contributed by atoms with van der Waals surface area (Å²) < 4.78 is 6.37. The first-order valence-corrected chi connectivity index (χ1v) is 6.01. The molecule has 1 fully saturated rings. The molecule has 2 rings (SSSR count). The van der Waals surface area contributed by atoms with Crippen molar-refractivity contribution in [3.8, 4) is 0 Å². The standard InChI is InChI=1S/C11H13BrN2O3/c12-8-5-7(1-2-9(8)13)10-6-14(11(15)16)3-4-17-10/h1-2,5,10H,3-4,6,13H2,(H,15,16)/t10-/m0/s1. The number of nitrogens with zero attached hydrogens (tertiary/aromatic N) is 1. The number of carbonyl (C=O) groups is 1.